The van der Waals surface area contributed by atoms with Crippen LogP contribution in [0.25, 0.3) is 0 Å². The van der Waals surface area contributed by atoms with Crippen molar-refractivity contribution >= 4 is 22.6 Å². The number of H-pyrrole nitrogens is 1. The van der Waals surface area contributed by atoms with Gasteiger partial charge in [0.15, 0.2) is 5.82 Å². The second-order valence-electron chi connectivity index (χ2n) is 5.55. The summed E-state index contributed by atoms with van der Waals surface area (Å²) in [7, 11) is 1.65. The third-order valence-electron chi connectivity index (χ3n) is 3.66. The number of rotatable bonds is 3. The molecule has 1 aliphatic heterocycles. The maximum atomic E-state index is 12.4. The van der Waals surface area contributed by atoms with Crippen LogP contribution >= 0.6 is 11.8 Å². The van der Waals surface area contributed by atoms with Crippen molar-refractivity contribution in [3.63, 3.8) is 0 Å². The first-order chi connectivity index (χ1) is 10.5. The summed E-state index contributed by atoms with van der Waals surface area (Å²) in [5.74, 6) is 1.53. The molecule has 1 aromatic carbocycles. The summed E-state index contributed by atoms with van der Waals surface area (Å²) in [6.07, 6.45) is 0. The number of nitrogens with zero attached hydrogens (tertiary/aromatic N) is 2. The van der Waals surface area contributed by atoms with Gasteiger partial charge in [-0.15, -0.1) is 0 Å². The molecule has 0 saturated carbocycles. The Balaban J connectivity index is 2.17. The van der Waals surface area contributed by atoms with E-state index in [1.54, 1.807) is 18.9 Å². The smallest absolute Gasteiger partial charge is 0.271 e. The number of aromatic nitrogens is 2. The fourth-order valence-electron chi connectivity index (χ4n) is 2.62. The van der Waals surface area contributed by atoms with Crippen LogP contribution in [0.4, 0.5) is 5.82 Å². The van der Waals surface area contributed by atoms with Gasteiger partial charge in [0.1, 0.15) is 5.75 Å². The lowest BCUT2D eigenvalue weighted by atomic mass is 10.1. The van der Waals surface area contributed by atoms with Gasteiger partial charge in [0.05, 0.1) is 23.0 Å². The Kier molecular flexibility index (Phi) is 3.87. The fourth-order valence-corrected chi connectivity index (χ4v) is 3.72. The largest absolute Gasteiger partial charge is 0.497 e. The monoisotopic (exact) mass is 317 g/mol. The highest BCUT2D eigenvalue weighted by atomic mass is 32.2. The van der Waals surface area contributed by atoms with E-state index >= 15 is 0 Å². The van der Waals surface area contributed by atoms with E-state index in [4.69, 9.17) is 4.74 Å². The highest BCUT2D eigenvalue weighted by Crippen LogP contribution is 2.44. The SMILES string of the molecule is COc1cccc([C@H]2SC(C)=Nc3c2c(=O)[nH]n3C(C)C)c1. The Morgan fingerprint density at radius 2 is 2.18 bits per heavy atom. The fraction of sp³-hybridized carbons (Fsp3) is 0.375. The van der Waals surface area contributed by atoms with Crippen molar-refractivity contribution < 1.29 is 4.74 Å². The number of nitrogens with one attached hydrogen (secondary N) is 1. The second kappa shape index (κ2) is 5.68. The van der Waals surface area contributed by atoms with Crippen LogP contribution in [0.1, 0.15) is 43.2 Å². The number of ether oxygens (including phenoxy) is 1. The molecule has 5 nitrogen and oxygen atoms in total. The van der Waals surface area contributed by atoms with Gasteiger partial charge in [-0.1, -0.05) is 23.9 Å². The third kappa shape index (κ3) is 2.47. The lowest BCUT2D eigenvalue weighted by molar-refractivity contribution is 0.414. The molecule has 6 heteroatoms. The van der Waals surface area contributed by atoms with E-state index < -0.39 is 0 Å². The van der Waals surface area contributed by atoms with E-state index in [0.717, 1.165) is 27.7 Å². The molecule has 1 N–H and O–H groups in total. The maximum Gasteiger partial charge on any atom is 0.271 e. The Morgan fingerprint density at radius 3 is 2.86 bits per heavy atom. The van der Waals surface area contributed by atoms with Gasteiger partial charge in [-0.2, -0.15) is 0 Å². The third-order valence-corrected chi connectivity index (χ3v) is 4.84. The molecule has 116 valence electrons. The standard InChI is InChI=1S/C16H19N3O2S/c1-9(2)19-15-13(16(20)18-19)14(22-10(3)17-15)11-6-5-7-12(8-11)21-4/h5-9,14H,1-4H3,(H,18,20)/t14-/m1/s1. The minimum absolute atomic E-state index is 0.0636. The molecule has 3 rings (SSSR count). The zero-order chi connectivity index (χ0) is 15.9. The zero-order valence-corrected chi connectivity index (χ0v) is 13.9. The zero-order valence-electron chi connectivity index (χ0n) is 13.1. The topological polar surface area (TPSA) is 59.4 Å². The lowest BCUT2D eigenvalue weighted by Gasteiger charge is -2.21. The summed E-state index contributed by atoms with van der Waals surface area (Å²) in [6.45, 7) is 6.04. The Morgan fingerprint density at radius 1 is 1.41 bits per heavy atom. The molecule has 1 aliphatic rings. The number of fused-ring (bicyclic) bond motifs is 1. The molecule has 0 aliphatic carbocycles. The van der Waals surface area contributed by atoms with Crippen LogP contribution in [0, 0.1) is 0 Å². The number of aliphatic imine (C=N–C) groups is 1. The minimum atomic E-state index is -0.0692. The summed E-state index contributed by atoms with van der Waals surface area (Å²) in [4.78, 5) is 17.0. The van der Waals surface area contributed by atoms with Crippen molar-refractivity contribution in [3.05, 3.63) is 45.7 Å². The highest BCUT2D eigenvalue weighted by molar-refractivity contribution is 8.14. The van der Waals surface area contributed by atoms with Crippen LogP contribution in [-0.2, 0) is 0 Å². The van der Waals surface area contributed by atoms with Gasteiger partial charge in [0.2, 0.25) is 0 Å². The molecule has 0 saturated heterocycles. The molecule has 0 fully saturated rings. The van der Waals surface area contributed by atoms with E-state index in [2.05, 4.69) is 10.1 Å². The minimum Gasteiger partial charge on any atom is -0.497 e. The number of methoxy groups -OCH3 is 1. The Hall–Kier alpha value is -1.95. The number of benzene rings is 1. The van der Waals surface area contributed by atoms with Crippen LogP contribution in [-0.4, -0.2) is 21.9 Å². The van der Waals surface area contributed by atoms with E-state index in [1.807, 2.05) is 49.7 Å². The molecule has 0 unspecified atom stereocenters. The molecule has 0 spiro atoms. The van der Waals surface area contributed by atoms with Gasteiger partial charge in [-0.3, -0.25) is 14.6 Å². The molecule has 1 aromatic heterocycles. The molecular formula is C16H19N3O2S. The van der Waals surface area contributed by atoms with Crippen molar-refractivity contribution in [3.8, 4) is 5.75 Å². The molecule has 2 aromatic rings. The van der Waals surface area contributed by atoms with Crippen molar-refractivity contribution in [2.24, 2.45) is 4.99 Å². The van der Waals surface area contributed by atoms with Crippen LogP contribution in [0.15, 0.2) is 34.1 Å². The average molecular weight is 317 g/mol. The number of hydrogen-bond acceptors (Lipinski definition) is 4. The summed E-state index contributed by atoms with van der Waals surface area (Å²) in [5.41, 5.74) is 1.70. The van der Waals surface area contributed by atoms with Gasteiger partial charge in [-0.25, -0.2) is 4.99 Å². The first-order valence-electron chi connectivity index (χ1n) is 7.21. The summed E-state index contributed by atoms with van der Waals surface area (Å²) < 4.78 is 7.14. The van der Waals surface area contributed by atoms with Crippen molar-refractivity contribution in [1.82, 2.24) is 9.78 Å². The Labute approximate surface area is 133 Å². The van der Waals surface area contributed by atoms with Gasteiger partial charge >= 0.3 is 0 Å². The number of hydrogen-bond donors (Lipinski definition) is 1. The second-order valence-corrected chi connectivity index (χ2v) is 6.85. The van der Waals surface area contributed by atoms with Crippen LogP contribution in [0.2, 0.25) is 0 Å². The number of aromatic amines is 1. The van der Waals surface area contributed by atoms with Crippen LogP contribution in [0.5, 0.6) is 5.75 Å². The first kappa shape index (κ1) is 15.0. The molecule has 0 bridgehead atoms. The van der Waals surface area contributed by atoms with Gasteiger partial charge in [0, 0.05) is 6.04 Å². The maximum absolute atomic E-state index is 12.4. The predicted octanol–water partition coefficient (Wildman–Crippen LogP) is 3.65. The van der Waals surface area contributed by atoms with Crippen LogP contribution in [0.3, 0.4) is 0 Å². The van der Waals surface area contributed by atoms with Gasteiger partial charge in [-0.05, 0) is 38.5 Å². The molecule has 0 amide bonds. The molecule has 22 heavy (non-hydrogen) atoms. The summed E-state index contributed by atoms with van der Waals surface area (Å²) in [6, 6.07) is 8.01. The van der Waals surface area contributed by atoms with Gasteiger partial charge in [0.25, 0.3) is 5.56 Å². The van der Waals surface area contributed by atoms with E-state index in [0.29, 0.717) is 0 Å². The van der Waals surface area contributed by atoms with Crippen LogP contribution < -0.4 is 10.3 Å². The van der Waals surface area contributed by atoms with E-state index in [-0.39, 0.29) is 16.9 Å². The molecule has 2 heterocycles. The predicted molar refractivity (Wildman–Crippen MR) is 90.6 cm³/mol. The quantitative estimate of drug-likeness (QED) is 0.940. The summed E-state index contributed by atoms with van der Waals surface area (Å²) >= 11 is 1.60. The normalized spacial score (nSPS) is 17.3. The molecule has 1 atom stereocenters. The van der Waals surface area contributed by atoms with E-state index in [9.17, 15) is 4.79 Å². The summed E-state index contributed by atoms with van der Waals surface area (Å²) in [5, 5.41) is 3.80. The first-order valence-corrected chi connectivity index (χ1v) is 8.09. The number of thioether (sulfide) groups is 1. The Bertz CT molecular complexity index is 789. The van der Waals surface area contributed by atoms with Crippen molar-refractivity contribution in [2.75, 3.05) is 7.11 Å². The van der Waals surface area contributed by atoms with Crippen molar-refractivity contribution in [1.29, 1.82) is 0 Å². The highest BCUT2D eigenvalue weighted by Gasteiger charge is 2.30. The van der Waals surface area contributed by atoms with E-state index in [1.165, 1.54) is 0 Å². The molecule has 0 radical (unpaired) electrons. The van der Waals surface area contributed by atoms with Crippen molar-refractivity contribution in [2.45, 2.75) is 32.1 Å². The van der Waals surface area contributed by atoms with Gasteiger partial charge < -0.3 is 4.74 Å². The average Bonchev–Trinajstić information content (AvgIpc) is 2.83. The lowest BCUT2D eigenvalue weighted by Crippen LogP contribution is -2.13. The molecular weight excluding hydrogens is 298 g/mol.